The lowest BCUT2D eigenvalue weighted by Gasteiger charge is -1.98. The van der Waals surface area contributed by atoms with Gasteiger partial charge in [-0.25, -0.2) is 4.79 Å². The van der Waals surface area contributed by atoms with Crippen molar-refractivity contribution in [3.8, 4) is 0 Å². The maximum atomic E-state index is 11.8. The number of thioether (sulfide) groups is 1. The van der Waals surface area contributed by atoms with Gasteiger partial charge in [0, 0.05) is 5.75 Å². The molecule has 0 unspecified atom stereocenters. The highest BCUT2D eigenvalue weighted by Gasteiger charge is 2.19. The van der Waals surface area contributed by atoms with Gasteiger partial charge in [-0.3, -0.25) is 9.59 Å². The molecule has 1 N–H and O–H groups in total. The van der Waals surface area contributed by atoms with Gasteiger partial charge < -0.3 is 5.11 Å². The van der Waals surface area contributed by atoms with Crippen LogP contribution in [0.3, 0.4) is 0 Å². The van der Waals surface area contributed by atoms with E-state index in [2.05, 4.69) is 0 Å². The summed E-state index contributed by atoms with van der Waals surface area (Å²) in [6.07, 6.45) is -0.585. The average molecular weight is 320 g/mol. The third-order valence-corrected chi connectivity index (χ3v) is 5.06. The molecule has 2 aromatic rings. The number of carboxylic acids is 1. The Labute approximate surface area is 129 Å². The van der Waals surface area contributed by atoms with Crippen LogP contribution in [-0.4, -0.2) is 22.6 Å². The van der Waals surface area contributed by atoms with E-state index < -0.39 is 24.0 Å². The Bertz CT molecular complexity index is 661. The quantitative estimate of drug-likeness (QED) is 0.367. The Morgan fingerprint density at radius 1 is 1.05 bits per heavy atom. The van der Waals surface area contributed by atoms with Gasteiger partial charge in [0.1, 0.15) is 0 Å². The molecule has 0 saturated carbocycles. The SMILES string of the molecule is O=C(O)C(=O)CC(=O)c1ccc(SCc2ccccc2)s1. The molecular weight excluding hydrogens is 308 g/mol. The molecular formula is C15H12O4S2. The molecule has 0 atom stereocenters. The second-order valence-electron chi connectivity index (χ2n) is 4.22. The first-order valence-electron chi connectivity index (χ1n) is 6.12. The first-order valence-corrected chi connectivity index (χ1v) is 7.92. The zero-order valence-corrected chi connectivity index (χ0v) is 12.6. The fraction of sp³-hybridized carbons (Fsp3) is 0.133. The van der Waals surface area contributed by atoms with Crippen molar-refractivity contribution in [3.05, 3.63) is 52.9 Å². The third kappa shape index (κ3) is 4.54. The summed E-state index contributed by atoms with van der Waals surface area (Å²) in [5.74, 6) is -2.30. The zero-order valence-electron chi connectivity index (χ0n) is 10.9. The van der Waals surface area contributed by atoms with Crippen molar-refractivity contribution in [1.82, 2.24) is 0 Å². The standard InChI is InChI=1S/C15H12O4S2/c16-11(8-12(17)15(18)19)13-6-7-14(21-13)20-9-10-4-2-1-3-5-10/h1-7H,8-9H2,(H,18,19). The van der Waals surface area contributed by atoms with Gasteiger partial charge >= 0.3 is 5.97 Å². The smallest absolute Gasteiger partial charge is 0.372 e. The van der Waals surface area contributed by atoms with E-state index in [4.69, 9.17) is 5.11 Å². The fourth-order valence-electron chi connectivity index (χ4n) is 1.58. The lowest BCUT2D eigenvalue weighted by molar-refractivity contribution is -0.148. The summed E-state index contributed by atoms with van der Waals surface area (Å²) in [5, 5.41) is 8.49. The summed E-state index contributed by atoms with van der Waals surface area (Å²) in [4.78, 5) is 33.6. The number of hydrogen-bond acceptors (Lipinski definition) is 5. The number of ketones is 2. The van der Waals surface area contributed by atoms with Crippen molar-refractivity contribution in [2.75, 3.05) is 0 Å². The number of carboxylic acid groups (broad SMARTS) is 1. The maximum Gasteiger partial charge on any atom is 0.372 e. The van der Waals surface area contributed by atoms with E-state index in [0.717, 1.165) is 9.96 Å². The van der Waals surface area contributed by atoms with Crippen molar-refractivity contribution < 1.29 is 19.5 Å². The molecule has 1 aromatic carbocycles. The van der Waals surface area contributed by atoms with E-state index >= 15 is 0 Å². The summed E-state index contributed by atoms with van der Waals surface area (Å²) in [6, 6.07) is 13.4. The van der Waals surface area contributed by atoms with Gasteiger partial charge in [-0.05, 0) is 17.7 Å². The van der Waals surface area contributed by atoms with Gasteiger partial charge in [-0.2, -0.15) is 0 Å². The molecule has 0 fully saturated rings. The number of Topliss-reactive ketones (excluding diaryl/α,β-unsaturated/α-hetero) is 2. The number of rotatable bonds is 7. The number of hydrogen-bond donors (Lipinski definition) is 1. The lowest BCUT2D eigenvalue weighted by Crippen LogP contribution is -2.16. The van der Waals surface area contributed by atoms with Crippen LogP contribution in [0.2, 0.25) is 0 Å². The number of carbonyl (C=O) groups is 3. The summed E-state index contributed by atoms with van der Waals surface area (Å²) in [7, 11) is 0. The minimum atomic E-state index is -1.57. The predicted molar refractivity (Wildman–Crippen MR) is 81.9 cm³/mol. The predicted octanol–water partition coefficient (Wildman–Crippen LogP) is 3.27. The van der Waals surface area contributed by atoms with E-state index in [0.29, 0.717) is 4.88 Å². The summed E-state index contributed by atoms with van der Waals surface area (Å²) >= 11 is 2.88. The van der Waals surface area contributed by atoms with Crippen LogP contribution in [0, 0.1) is 0 Å². The molecule has 0 aliphatic rings. The lowest BCUT2D eigenvalue weighted by atomic mass is 10.2. The van der Waals surface area contributed by atoms with Crippen molar-refractivity contribution in [2.45, 2.75) is 16.4 Å². The van der Waals surface area contributed by atoms with Crippen LogP contribution in [0.4, 0.5) is 0 Å². The topological polar surface area (TPSA) is 71.4 Å². The Hall–Kier alpha value is -1.92. The van der Waals surface area contributed by atoms with Gasteiger partial charge in [0.15, 0.2) is 5.78 Å². The van der Waals surface area contributed by atoms with Crippen LogP contribution in [0.1, 0.15) is 21.7 Å². The molecule has 0 spiro atoms. The largest absolute Gasteiger partial charge is 0.475 e. The minimum absolute atomic E-state index is 0.417. The number of carbonyl (C=O) groups excluding carboxylic acids is 2. The number of thiophene rings is 1. The van der Waals surface area contributed by atoms with E-state index in [-0.39, 0.29) is 0 Å². The third-order valence-electron chi connectivity index (χ3n) is 2.64. The van der Waals surface area contributed by atoms with Gasteiger partial charge in [-0.15, -0.1) is 23.1 Å². The Kier molecular flexibility index (Phi) is 5.30. The van der Waals surface area contributed by atoms with Gasteiger partial charge in [0.25, 0.3) is 0 Å². The van der Waals surface area contributed by atoms with Gasteiger partial charge in [0.05, 0.1) is 15.5 Å². The number of aliphatic carboxylic acids is 1. The van der Waals surface area contributed by atoms with E-state index in [1.54, 1.807) is 17.8 Å². The highest BCUT2D eigenvalue weighted by atomic mass is 32.2. The molecule has 4 nitrogen and oxygen atoms in total. The van der Waals surface area contributed by atoms with Crippen LogP contribution in [0.25, 0.3) is 0 Å². The van der Waals surface area contributed by atoms with Crippen LogP contribution in [0.15, 0.2) is 46.7 Å². The second kappa shape index (κ2) is 7.19. The molecule has 0 aliphatic carbocycles. The highest BCUT2D eigenvalue weighted by molar-refractivity contribution is 8.00. The molecule has 6 heteroatoms. The van der Waals surface area contributed by atoms with Crippen molar-refractivity contribution in [1.29, 1.82) is 0 Å². The first kappa shape index (κ1) is 15.5. The van der Waals surface area contributed by atoms with Crippen molar-refractivity contribution in [2.24, 2.45) is 0 Å². The van der Waals surface area contributed by atoms with Crippen molar-refractivity contribution >= 4 is 40.6 Å². The highest BCUT2D eigenvalue weighted by Crippen LogP contribution is 2.30. The van der Waals surface area contributed by atoms with E-state index in [9.17, 15) is 14.4 Å². The van der Waals surface area contributed by atoms with Crippen LogP contribution in [-0.2, 0) is 15.3 Å². The number of benzene rings is 1. The molecule has 108 valence electrons. The Balaban J connectivity index is 1.93. The Morgan fingerprint density at radius 2 is 1.76 bits per heavy atom. The molecule has 0 aliphatic heterocycles. The summed E-state index contributed by atoms with van der Waals surface area (Å²) in [5.41, 5.74) is 1.19. The van der Waals surface area contributed by atoms with Crippen LogP contribution < -0.4 is 0 Å². The normalized spacial score (nSPS) is 10.3. The first-order chi connectivity index (χ1) is 10.1. The minimum Gasteiger partial charge on any atom is -0.475 e. The van der Waals surface area contributed by atoms with Crippen LogP contribution >= 0.6 is 23.1 Å². The second-order valence-corrected chi connectivity index (χ2v) is 6.58. The molecule has 2 rings (SSSR count). The molecule has 21 heavy (non-hydrogen) atoms. The molecule has 0 saturated heterocycles. The molecule has 0 amide bonds. The van der Waals surface area contributed by atoms with Crippen LogP contribution in [0.5, 0.6) is 0 Å². The molecule has 0 bridgehead atoms. The van der Waals surface area contributed by atoms with E-state index in [1.807, 2.05) is 36.4 Å². The molecule has 0 radical (unpaired) electrons. The Morgan fingerprint density at radius 3 is 2.43 bits per heavy atom. The maximum absolute atomic E-state index is 11.8. The van der Waals surface area contributed by atoms with E-state index in [1.165, 1.54) is 16.9 Å². The molecule has 1 heterocycles. The van der Waals surface area contributed by atoms with Crippen molar-refractivity contribution in [3.63, 3.8) is 0 Å². The summed E-state index contributed by atoms with van der Waals surface area (Å²) < 4.78 is 0.963. The average Bonchev–Trinajstić information content (AvgIpc) is 2.95. The summed E-state index contributed by atoms with van der Waals surface area (Å²) in [6.45, 7) is 0. The zero-order chi connectivity index (χ0) is 15.2. The molecule has 1 aromatic heterocycles. The monoisotopic (exact) mass is 320 g/mol. The van der Waals surface area contributed by atoms with Gasteiger partial charge in [-0.1, -0.05) is 30.3 Å². The fourth-order valence-corrected chi connectivity index (χ4v) is 3.61. The van der Waals surface area contributed by atoms with Gasteiger partial charge in [0.2, 0.25) is 5.78 Å².